The van der Waals surface area contributed by atoms with Crippen LogP contribution in [0.5, 0.6) is 5.75 Å². The third-order valence-corrected chi connectivity index (χ3v) is 7.98. The van der Waals surface area contributed by atoms with Crippen molar-refractivity contribution in [3.63, 3.8) is 0 Å². The van der Waals surface area contributed by atoms with E-state index in [0.717, 1.165) is 28.9 Å². The van der Waals surface area contributed by atoms with Crippen molar-refractivity contribution in [2.75, 3.05) is 6.61 Å². The van der Waals surface area contributed by atoms with Gasteiger partial charge in [0.25, 0.3) is 5.56 Å². The molecule has 2 aromatic heterocycles. The van der Waals surface area contributed by atoms with E-state index >= 15 is 0 Å². The molecule has 0 amide bonds. The Labute approximate surface area is 224 Å². The molecule has 0 aliphatic heterocycles. The van der Waals surface area contributed by atoms with Gasteiger partial charge in [-0.05, 0) is 61.0 Å². The number of nitrogens with zero attached hydrogens (tertiary/aromatic N) is 3. The van der Waals surface area contributed by atoms with Gasteiger partial charge in [0.2, 0.25) is 0 Å². The van der Waals surface area contributed by atoms with Crippen LogP contribution in [-0.2, 0) is 20.9 Å². The van der Waals surface area contributed by atoms with Crippen molar-refractivity contribution >= 4 is 55.8 Å². The molecule has 4 aromatic rings. The number of aliphatic carboxylic acids is 2. The molecule has 0 saturated heterocycles. The second kappa shape index (κ2) is 10.4. The maximum absolute atomic E-state index is 13.2. The van der Waals surface area contributed by atoms with Crippen LogP contribution in [0.2, 0.25) is 0 Å². The van der Waals surface area contributed by atoms with Gasteiger partial charge >= 0.3 is 11.9 Å². The smallest absolute Gasteiger partial charge is 0.321 e. The van der Waals surface area contributed by atoms with Crippen LogP contribution in [-0.4, -0.2) is 55.3 Å². The maximum atomic E-state index is 13.2. The highest BCUT2D eigenvalue weighted by atomic mass is 32.1. The van der Waals surface area contributed by atoms with Crippen molar-refractivity contribution < 1.29 is 34.1 Å². The fourth-order valence-corrected chi connectivity index (χ4v) is 5.32. The van der Waals surface area contributed by atoms with Gasteiger partial charge in [0, 0.05) is 23.6 Å². The first kappa shape index (κ1) is 26.2. The Hall–Kier alpha value is -4.45. The molecule has 200 valence electrons. The van der Waals surface area contributed by atoms with Crippen molar-refractivity contribution in [1.82, 2.24) is 15.0 Å². The Balaban J connectivity index is 1.35. The van der Waals surface area contributed by atoms with Crippen LogP contribution in [0.25, 0.3) is 21.0 Å². The van der Waals surface area contributed by atoms with Gasteiger partial charge in [-0.2, -0.15) is 0 Å². The summed E-state index contributed by atoms with van der Waals surface area (Å²) in [5, 5.41) is 28.5. The van der Waals surface area contributed by atoms with Crippen molar-refractivity contribution in [3.05, 3.63) is 63.8 Å². The summed E-state index contributed by atoms with van der Waals surface area (Å²) in [5.41, 5.74) is -2.68. The van der Waals surface area contributed by atoms with E-state index < -0.39 is 41.5 Å². The topological polar surface area (TPSA) is 166 Å². The quantitative estimate of drug-likeness (QED) is 0.198. The number of rotatable bonds is 12. The zero-order valence-electron chi connectivity index (χ0n) is 20.5. The summed E-state index contributed by atoms with van der Waals surface area (Å²) >= 11 is 1.08. The molecule has 0 bridgehead atoms. The van der Waals surface area contributed by atoms with Gasteiger partial charge in [-0.3, -0.25) is 24.0 Å². The molecule has 1 saturated carbocycles. The molecule has 1 aliphatic carbocycles. The molecule has 5 rings (SSSR count). The third kappa shape index (κ3) is 5.28. The molecule has 39 heavy (non-hydrogen) atoms. The van der Waals surface area contributed by atoms with E-state index in [1.807, 2.05) is 0 Å². The van der Waals surface area contributed by atoms with Crippen molar-refractivity contribution in [1.29, 1.82) is 0 Å². The Bertz CT molecular complexity index is 1670. The van der Waals surface area contributed by atoms with Gasteiger partial charge in [-0.15, -0.1) is 16.4 Å². The summed E-state index contributed by atoms with van der Waals surface area (Å²) < 4.78 is 7.15. The molecule has 11 nitrogen and oxygen atoms in total. The number of carbonyl (C=O) groups is 4. The van der Waals surface area contributed by atoms with E-state index in [4.69, 9.17) is 4.74 Å². The molecule has 12 heteroatoms. The molecular formula is C27H23N3O8S. The van der Waals surface area contributed by atoms with Crippen LogP contribution in [0.3, 0.4) is 0 Å². The zero-order chi connectivity index (χ0) is 27.7. The first-order chi connectivity index (χ1) is 18.7. The maximum Gasteiger partial charge on any atom is 0.321 e. The second-order valence-corrected chi connectivity index (χ2v) is 10.6. The Kier molecular flexibility index (Phi) is 6.96. The molecule has 0 atom stereocenters. The fraction of sp³-hybridized carbons (Fsp3) is 0.296. The number of carboxylic acid groups (broad SMARTS) is 2. The lowest BCUT2D eigenvalue weighted by atomic mass is 9.79. The van der Waals surface area contributed by atoms with Gasteiger partial charge in [-0.1, -0.05) is 17.3 Å². The van der Waals surface area contributed by atoms with E-state index in [9.17, 15) is 34.2 Å². The molecule has 0 unspecified atom stereocenters. The Morgan fingerprint density at radius 2 is 1.79 bits per heavy atom. The summed E-state index contributed by atoms with van der Waals surface area (Å²) in [6, 6.07) is 13.1. The molecule has 1 fully saturated rings. The standard InChI is InChI=1S/C27H23N3O8S/c31-20(23-11-16-7-8-17(12-22(16)39-23)38-14-21(32)15-5-6-15)13-27(25(34)35,26(36)37)9-10-30-24(33)18-3-1-2-4-19(18)28-29-30/h1-4,7-8,11-12,15H,5-6,9-10,13-14H2,(H,34,35)(H,36,37). The van der Waals surface area contributed by atoms with Crippen molar-refractivity contribution in [3.8, 4) is 5.75 Å². The SMILES string of the molecule is O=C(CC(CCn1nnc2ccccc2c1=O)(C(=O)O)C(=O)O)c1cc2ccc(OCC(=O)C3CC3)cc2s1. The average molecular weight is 550 g/mol. The number of fused-ring (bicyclic) bond motifs is 2. The van der Waals surface area contributed by atoms with E-state index in [2.05, 4.69) is 10.3 Å². The van der Waals surface area contributed by atoms with Crippen LogP contribution in [0.1, 0.15) is 35.4 Å². The van der Waals surface area contributed by atoms with Gasteiger partial charge in [0.15, 0.2) is 17.0 Å². The lowest BCUT2D eigenvalue weighted by molar-refractivity contribution is -0.165. The number of carbonyl (C=O) groups excluding carboxylic acids is 2. The van der Waals surface area contributed by atoms with Gasteiger partial charge in [0.1, 0.15) is 17.9 Å². The Morgan fingerprint density at radius 1 is 1.05 bits per heavy atom. The van der Waals surface area contributed by atoms with Gasteiger partial charge in [0.05, 0.1) is 10.3 Å². The number of thiophene rings is 1. The lowest BCUT2D eigenvalue weighted by Crippen LogP contribution is -2.43. The van der Waals surface area contributed by atoms with Crippen LogP contribution in [0, 0.1) is 11.3 Å². The number of hydrogen-bond donors (Lipinski definition) is 2. The number of Topliss-reactive ketones (excluding diaryl/α,β-unsaturated/α-hetero) is 2. The van der Waals surface area contributed by atoms with E-state index in [0.29, 0.717) is 21.4 Å². The first-order valence-corrected chi connectivity index (χ1v) is 13.0. The first-order valence-electron chi connectivity index (χ1n) is 12.2. The van der Waals surface area contributed by atoms with Crippen LogP contribution in [0.4, 0.5) is 0 Å². The van der Waals surface area contributed by atoms with Crippen molar-refractivity contribution in [2.45, 2.75) is 32.2 Å². The molecule has 1 aliphatic rings. The minimum atomic E-state index is -2.49. The molecule has 0 radical (unpaired) electrons. The number of hydrogen-bond acceptors (Lipinski definition) is 9. The highest BCUT2D eigenvalue weighted by Gasteiger charge is 2.48. The minimum absolute atomic E-state index is 0.0300. The highest BCUT2D eigenvalue weighted by molar-refractivity contribution is 7.20. The summed E-state index contributed by atoms with van der Waals surface area (Å²) in [7, 11) is 0. The average Bonchev–Trinajstić information content (AvgIpc) is 3.69. The number of ketones is 2. The Morgan fingerprint density at radius 3 is 2.51 bits per heavy atom. The summed E-state index contributed by atoms with van der Waals surface area (Å²) in [6.07, 6.45) is 0.393. The number of aryl methyl sites for hydroxylation is 1. The fourth-order valence-electron chi connectivity index (χ4n) is 4.29. The largest absolute Gasteiger partial charge is 0.486 e. The third-order valence-electron chi connectivity index (χ3n) is 6.84. The van der Waals surface area contributed by atoms with Crippen LogP contribution in [0.15, 0.2) is 53.3 Å². The summed E-state index contributed by atoms with van der Waals surface area (Å²) in [4.78, 5) is 62.5. The lowest BCUT2D eigenvalue weighted by Gasteiger charge is -2.24. The molecule has 2 heterocycles. The van der Waals surface area contributed by atoms with E-state index in [1.165, 1.54) is 6.07 Å². The van der Waals surface area contributed by atoms with Gasteiger partial charge < -0.3 is 14.9 Å². The zero-order valence-corrected chi connectivity index (χ0v) is 21.3. The number of aromatic nitrogens is 3. The molecule has 2 aromatic carbocycles. The van der Waals surface area contributed by atoms with Gasteiger partial charge in [-0.25, -0.2) is 4.68 Å². The monoisotopic (exact) mass is 549 g/mol. The predicted octanol–water partition coefficient (Wildman–Crippen LogP) is 3.18. The van der Waals surface area contributed by atoms with E-state index in [1.54, 1.807) is 42.5 Å². The normalized spacial score (nSPS) is 13.4. The highest BCUT2D eigenvalue weighted by Crippen LogP contribution is 2.35. The van der Waals surface area contributed by atoms with E-state index in [-0.39, 0.29) is 35.1 Å². The molecular weight excluding hydrogens is 526 g/mol. The van der Waals surface area contributed by atoms with Crippen LogP contribution >= 0.6 is 11.3 Å². The number of ether oxygens (including phenoxy) is 1. The predicted molar refractivity (Wildman–Crippen MR) is 140 cm³/mol. The summed E-state index contributed by atoms with van der Waals surface area (Å²) in [5.74, 6) is -3.46. The van der Waals surface area contributed by atoms with Crippen molar-refractivity contribution in [2.24, 2.45) is 11.3 Å². The minimum Gasteiger partial charge on any atom is -0.486 e. The number of carboxylic acids is 2. The number of benzene rings is 2. The second-order valence-electron chi connectivity index (χ2n) is 9.52. The molecule has 0 spiro atoms. The van der Waals surface area contributed by atoms with Crippen LogP contribution < -0.4 is 10.3 Å². The molecule has 2 N–H and O–H groups in total. The summed E-state index contributed by atoms with van der Waals surface area (Å²) in [6.45, 7) is -0.396.